The van der Waals surface area contributed by atoms with E-state index in [1.807, 2.05) is 0 Å². The summed E-state index contributed by atoms with van der Waals surface area (Å²) in [4.78, 5) is 52.7. The van der Waals surface area contributed by atoms with Crippen molar-refractivity contribution in [1.29, 1.82) is 0 Å². The largest absolute Gasteiger partial charge is 0.459 e. The molecule has 0 aromatic carbocycles. The van der Waals surface area contributed by atoms with Crippen molar-refractivity contribution in [2.45, 2.75) is 115 Å². The summed E-state index contributed by atoms with van der Waals surface area (Å²) in [6.45, 7) is 10.0. The van der Waals surface area contributed by atoms with Crippen molar-refractivity contribution in [3.05, 3.63) is 11.1 Å². The molecule has 3 fully saturated rings. The van der Waals surface area contributed by atoms with Gasteiger partial charge in [0.2, 0.25) is 0 Å². The molecule has 1 heterocycles. The predicted molar refractivity (Wildman–Crippen MR) is 162 cm³/mol. The van der Waals surface area contributed by atoms with Gasteiger partial charge in [0.25, 0.3) is 0 Å². The molecule has 2 bridgehead atoms. The molecule has 3 aliphatic carbocycles. The highest BCUT2D eigenvalue weighted by Crippen LogP contribution is 2.63. The van der Waals surface area contributed by atoms with Gasteiger partial charge in [0.05, 0.1) is 30.3 Å². The Bertz CT molecular complexity index is 1310. The number of ether oxygens (including phenoxy) is 4. The van der Waals surface area contributed by atoms with Gasteiger partial charge in [-0.1, -0.05) is 27.7 Å². The molecule has 6 N–H and O–H groups in total. The first kappa shape index (κ1) is 35.0. The van der Waals surface area contributed by atoms with Crippen molar-refractivity contribution in [2.75, 3.05) is 18.8 Å². The Labute approximate surface area is 273 Å². The molecule has 0 radical (unpaired) electrons. The first-order chi connectivity index (χ1) is 21.7. The first-order valence-corrected chi connectivity index (χ1v) is 16.4. The fraction of sp³-hybridized carbons (Fsp3) is 0.806. The fourth-order valence-corrected chi connectivity index (χ4v) is 8.23. The third-order valence-corrected chi connectivity index (χ3v) is 11.1. The Morgan fingerprint density at radius 2 is 1.83 bits per heavy atom. The molecule has 0 spiro atoms. The Kier molecular flexibility index (Phi) is 9.63. The lowest BCUT2D eigenvalue weighted by Crippen LogP contribution is -2.81. The van der Waals surface area contributed by atoms with Crippen LogP contribution in [-0.2, 0) is 33.3 Å². The van der Waals surface area contributed by atoms with Crippen LogP contribution in [0, 0.1) is 22.7 Å². The van der Waals surface area contributed by atoms with Crippen LogP contribution >= 0.6 is 11.8 Å². The smallest absolute Gasteiger partial charge is 0.408 e. The molecular weight excluding hydrogens is 626 g/mol. The van der Waals surface area contributed by atoms with E-state index in [2.05, 4.69) is 5.32 Å². The number of thioether (sulfide) groups is 1. The van der Waals surface area contributed by atoms with Gasteiger partial charge in [-0.2, -0.15) is 0 Å². The van der Waals surface area contributed by atoms with Crippen molar-refractivity contribution in [1.82, 2.24) is 5.32 Å². The summed E-state index contributed by atoms with van der Waals surface area (Å²) in [5.41, 5.74) is -7.33. The average Bonchev–Trinajstić information content (AvgIpc) is 2.97. The van der Waals surface area contributed by atoms with E-state index in [0.717, 1.165) is 18.7 Å². The summed E-state index contributed by atoms with van der Waals surface area (Å²) >= 11 is 1.02. The topological polar surface area (TPSA) is 218 Å². The van der Waals surface area contributed by atoms with Crippen LogP contribution in [0.4, 0.5) is 4.79 Å². The molecular formula is C31H47NO13S. The normalized spacial score (nSPS) is 39.8. The number of rotatable bonds is 8. The van der Waals surface area contributed by atoms with Gasteiger partial charge in [0.1, 0.15) is 35.5 Å². The van der Waals surface area contributed by atoms with Crippen molar-refractivity contribution in [3.8, 4) is 0 Å². The van der Waals surface area contributed by atoms with E-state index in [9.17, 15) is 44.7 Å². The third-order valence-electron chi connectivity index (χ3n) is 10.8. The molecule has 46 heavy (non-hydrogen) atoms. The van der Waals surface area contributed by atoms with Crippen molar-refractivity contribution in [2.24, 2.45) is 22.7 Å². The number of hydrogen-bond donors (Lipinski definition) is 6. The second kappa shape index (κ2) is 12.6. The molecule has 4 rings (SSSR count). The highest BCUT2D eigenvalue weighted by atomic mass is 32.2. The van der Waals surface area contributed by atoms with Gasteiger partial charge in [0, 0.05) is 32.5 Å². The van der Waals surface area contributed by atoms with Gasteiger partial charge in [-0.3, -0.25) is 9.59 Å². The molecule has 1 amide bonds. The van der Waals surface area contributed by atoms with Crippen LogP contribution in [0.3, 0.4) is 0 Å². The van der Waals surface area contributed by atoms with E-state index in [1.54, 1.807) is 13.8 Å². The SMILES string of the molecule is [3H]CSCOC(=O)N[C@@H](C(C)C)[C@@H](O)C(=O)O[C@H]1C[C@@]2(O)[C@@H](OC(C)=O)[C@@H]3[C@]4(O)CO[C@@H]4C[C@H](O)[C@@]3(C)C(=O)[C@H](O)C(=C1C)C2(C)C. The molecule has 1 saturated heterocycles. The zero-order valence-corrected chi connectivity index (χ0v) is 28.0. The van der Waals surface area contributed by atoms with Crippen LogP contribution in [0.2, 0.25) is 0 Å². The zero-order valence-electron chi connectivity index (χ0n) is 28.1. The maximum absolute atomic E-state index is 14.3. The second-order valence-corrected chi connectivity index (χ2v) is 14.6. The zero-order chi connectivity index (χ0) is 35.4. The van der Waals surface area contributed by atoms with Crippen molar-refractivity contribution >= 4 is 35.6 Å². The standard InChI is InChI=1S/C31H47NO13S/c1-13(2)20(32-27(39)43-12-46-8)22(36)26(38)45-16-10-31(41)25(44-15(4)33)23-29(7,17(34)9-18-30(23,40)11-42-18)24(37)21(35)19(14(16)3)28(31,5)6/h13,16-18,20-23,25,34-36,40-41H,9-12H2,1-8H3,(H,32,39)/t16-,17-,18+,20-,21+,22+,23-,25-,29+,30-,31+/m0/s1/i8T. The van der Waals surface area contributed by atoms with E-state index in [-0.39, 0.29) is 36.3 Å². The molecule has 0 unspecified atom stereocenters. The van der Waals surface area contributed by atoms with Gasteiger partial charge < -0.3 is 49.8 Å². The van der Waals surface area contributed by atoms with E-state index in [0.29, 0.717) is 0 Å². The van der Waals surface area contributed by atoms with Crippen LogP contribution in [0.1, 0.15) is 62.7 Å². The summed E-state index contributed by atoms with van der Waals surface area (Å²) < 4.78 is 29.2. The van der Waals surface area contributed by atoms with Gasteiger partial charge in [0.15, 0.2) is 11.9 Å². The van der Waals surface area contributed by atoms with Gasteiger partial charge in [-0.15, -0.1) is 11.8 Å². The number of alkyl carbamates (subject to hydrolysis) is 1. The molecule has 11 atom stereocenters. The first-order valence-electron chi connectivity index (χ1n) is 15.9. The Hall–Kier alpha value is -2.27. The van der Waals surface area contributed by atoms with E-state index < -0.39 is 107 Å². The fourth-order valence-electron chi connectivity index (χ4n) is 8.04. The molecule has 14 nitrogen and oxygen atoms in total. The van der Waals surface area contributed by atoms with Crippen LogP contribution in [0.25, 0.3) is 0 Å². The highest BCUT2D eigenvalue weighted by Gasteiger charge is 2.76. The quantitative estimate of drug-likeness (QED) is 0.0666. The van der Waals surface area contributed by atoms with Crippen LogP contribution in [-0.4, -0.2) is 122 Å². The number of carbonyl (C=O) groups is 4. The minimum Gasteiger partial charge on any atom is -0.459 e. The number of aliphatic hydroxyl groups is 5. The van der Waals surface area contributed by atoms with E-state index >= 15 is 0 Å². The summed E-state index contributed by atoms with van der Waals surface area (Å²) in [5.74, 6) is -4.99. The third kappa shape index (κ3) is 5.55. The van der Waals surface area contributed by atoms with Gasteiger partial charge >= 0.3 is 18.0 Å². The van der Waals surface area contributed by atoms with Crippen molar-refractivity contribution in [3.63, 3.8) is 0 Å². The second-order valence-electron chi connectivity index (χ2n) is 14.0. The van der Waals surface area contributed by atoms with E-state index in [1.165, 1.54) is 27.7 Å². The number of nitrogens with one attached hydrogen (secondary N) is 1. The minimum atomic E-state index is -2.22. The Morgan fingerprint density at radius 1 is 1.17 bits per heavy atom. The summed E-state index contributed by atoms with van der Waals surface area (Å²) in [6.07, 6.45) is -10.9. The lowest BCUT2D eigenvalue weighted by atomic mass is 9.45. The molecule has 15 heteroatoms. The summed E-state index contributed by atoms with van der Waals surface area (Å²) in [6, 6.07) is -1.17. The summed E-state index contributed by atoms with van der Waals surface area (Å²) in [7, 11) is 0. The number of fused-ring (bicyclic) bond motifs is 5. The van der Waals surface area contributed by atoms with Crippen LogP contribution in [0.15, 0.2) is 11.1 Å². The average molecular weight is 676 g/mol. The maximum atomic E-state index is 14.3. The van der Waals surface area contributed by atoms with E-state index in [4.69, 9.17) is 20.3 Å². The maximum Gasteiger partial charge on any atom is 0.408 e. The molecule has 260 valence electrons. The summed E-state index contributed by atoms with van der Waals surface area (Å²) in [5, 5.41) is 61.3. The Balaban J connectivity index is 1.78. The monoisotopic (exact) mass is 675 g/mol. The van der Waals surface area contributed by atoms with Crippen LogP contribution in [0.5, 0.6) is 0 Å². The van der Waals surface area contributed by atoms with Gasteiger partial charge in [-0.05, 0) is 37.1 Å². The number of Topliss-reactive ketones (excluding diaryl/α,β-unsaturated/α-hetero) is 1. The highest BCUT2D eigenvalue weighted by molar-refractivity contribution is 7.98. The molecule has 1 aliphatic heterocycles. The number of amides is 1. The predicted octanol–water partition coefficient (Wildman–Crippen LogP) is 0.200. The number of esters is 2. The Morgan fingerprint density at radius 3 is 2.37 bits per heavy atom. The number of hydrogen-bond acceptors (Lipinski definition) is 14. The minimum absolute atomic E-state index is 0.0273. The molecule has 0 aromatic rings. The number of carbonyl (C=O) groups excluding carboxylic acids is 4. The number of ketones is 1. The van der Waals surface area contributed by atoms with Gasteiger partial charge in [-0.25, -0.2) is 9.59 Å². The van der Waals surface area contributed by atoms with Crippen molar-refractivity contribution < 1.29 is 65.0 Å². The van der Waals surface area contributed by atoms with Crippen LogP contribution < -0.4 is 5.32 Å². The lowest BCUT2D eigenvalue weighted by molar-refractivity contribution is -0.345. The molecule has 4 aliphatic rings. The lowest BCUT2D eigenvalue weighted by Gasteiger charge is -2.66. The number of aliphatic hydroxyl groups excluding tert-OH is 3. The molecule has 2 saturated carbocycles. The molecule has 0 aromatic heterocycles.